The molecule has 0 aliphatic rings. The maximum atomic E-state index is 12.7. The van der Waals surface area contributed by atoms with E-state index in [0.29, 0.717) is 11.2 Å². The topological polar surface area (TPSA) is 75.7 Å². The fourth-order valence-corrected chi connectivity index (χ4v) is 3.81. The Hall–Kier alpha value is -2.21. The highest BCUT2D eigenvalue weighted by molar-refractivity contribution is 7.90. The van der Waals surface area contributed by atoms with Gasteiger partial charge in [-0.1, -0.05) is 6.07 Å². The minimum Gasteiger partial charge on any atom is -0.329 e. The molecule has 0 saturated heterocycles. The number of nitrogens with zero attached hydrogens (tertiary/aromatic N) is 2. The van der Waals surface area contributed by atoms with E-state index in [4.69, 9.17) is 0 Å². The van der Waals surface area contributed by atoms with Crippen molar-refractivity contribution >= 4 is 20.9 Å². The largest absolute Gasteiger partial charge is 0.329 e. The summed E-state index contributed by atoms with van der Waals surface area (Å²) in [6, 6.07) is 5.62. The molecule has 0 unspecified atom stereocenters. The standard InChI is InChI=1S/C17H19N3O2S/c1-10-5-6-14-15(7-10)20-17(19-14)23(21,22)9-16-13(4)12(3)11(2)8-18-16/h5-8H,9H2,1-4H3,(H,19,20). The van der Waals surface area contributed by atoms with Gasteiger partial charge in [-0.15, -0.1) is 0 Å². The second-order valence-electron chi connectivity index (χ2n) is 5.96. The van der Waals surface area contributed by atoms with Crippen LogP contribution < -0.4 is 0 Å². The van der Waals surface area contributed by atoms with Crippen molar-refractivity contribution in [1.82, 2.24) is 15.0 Å². The second-order valence-corrected chi connectivity index (χ2v) is 7.86. The molecule has 0 aliphatic heterocycles. The summed E-state index contributed by atoms with van der Waals surface area (Å²) in [5.41, 5.74) is 6.06. The SMILES string of the molecule is Cc1ccc2nc(S(=O)(=O)Cc3ncc(C)c(C)c3C)[nH]c2c1. The number of aromatic amines is 1. The third-order valence-electron chi connectivity index (χ3n) is 4.24. The summed E-state index contributed by atoms with van der Waals surface area (Å²) < 4.78 is 25.3. The van der Waals surface area contributed by atoms with Crippen LogP contribution in [0.1, 0.15) is 27.9 Å². The van der Waals surface area contributed by atoms with E-state index in [1.165, 1.54) is 0 Å². The number of aryl methyl sites for hydroxylation is 2. The first-order valence-electron chi connectivity index (χ1n) is 7.39. The van der Waals surface area contributed by atoms with Gasteiger partial charge < -0.3 is 4.98 Å². The Morgan fingerprint density at radius 3 is 2.57 bits per heavy atom. The summed E-state index contributed by atoms with van der Waals surface area (Å²) in [6.07, 6.45) is 1.72. The van der Waals surface area contributed by atoms with Crippen LogP contribution in [0.4, 0.5) is 0 Å². The molecule has 0 aliphatic carbocycles. The first-order chi connectivity index (χ1) is 10.8. The lowest BCUT2D eigenvalue weighted by molar-refractivity contribution is 0.587. The van der Waals surface area contributed by atoms with Crippen LogP contribution in [0.5, 0.6) is 0 Å². The van der Waals surface area contributed by atoms with Gasteiger partial charge in [-0.25, -0.2) is 13.4 Å². The normalized spacial score (nSPS) is 12.0. The number of imidazole rings is 1. The fraction of sp³-hybridized carbons (Fsp3) is 0.294. The molecule has 5 nitrogen and oxygen atoms in total. The Labute approximate surface area is 135 Å². The van der Waals surface area contributed by atoms with Crippen LogP contribution in [0.2, 0.25) is 0 Å². The van der Waals surface area contributed by atoms with Gasteiger partial charge in [0.15, 0.2) is 0 Å². The lowest BCUT2D eigenvalue weighted by Crippen LogP contribution is -2.10. The predicted octanol–water partition coefficient (Wildman–Crippen LogP) is 3.17. The van der Waals surface area contributed by atoms with Crippen LogP contribution in [0.15, 0.2) is 29.6 Å². The number of rotatable bonds is 3. The minimum absolute atomic E-state index is 0.00229. The molecule has 6 heteroatoms. The Bertz CT molecular complexity index is 1000. The Kier molecular flexibility index (Phi) is 3.72. The van der Waals surface area contributed by atoms with Crippen LogP contribution >= 0.6 is 0 Å². The van der Waals surface area contributed by atoms with Crippen LogP contribution in [0.3, 0.4) is 0 Å². The highest BCUT2D eigenvalue weighted by atomic mass is 32.2. The summed E-state index contributed by atoms with van der Waals surface area (Å²) in [4.78, 5) is 11.4. The van der Waals surface area contributed by atoms with E-state index in [1.54, 1.807) is 6.20 Å². The van der Waals surface area contributed by atoms with Crippen LogP contribution in [0, 0.1) is 27.7 Å². The van der Waals surface area contributed by atoms with E-state index in [0.717, 1.165) is 27.8 Å². The summed E-state index contributed by atoms with van der Waals surface area (Å²) in [5.74, 6) is -0.154. The molecule has 0 amide bonds. The number of nitrogens with one attached hydrogen (secondary N) is 1. The van der Waals surface area contributed by atoms with E-state index < -0.39 is 9.84 Å². The first-order valence-corrected chi connectivity index (χ1v) is 9.04. The number of fused-ring (bicyclic) bond motifs is 1. The maximum absolute atomic E-state index is 12.7. The van der Waals surface area contributed by atoms with E-state index in [2.05, 4.69) is 15.0 Å². The van der Waals surface area contributed by atoms with Gasteiger partial charge in [-0.05, 0) is 62.1 Å². The summed E-state index contributed by atoms with van der Waals surface area (Å²) in [5, 5.41) is -0.00229. The average molecular weight is 329 g/mol. The molecule has 3 rings (SSSR count). The van der Waals surface area contributed by atoms with Gasteiger partial charge in [0.25, 0.3) is 0 Å². The molecule has 120 valence electrons. The van der Waals surface area contributed by atoms with E-state index in [1.807, 2.05) is 45.9 Å². The third kappa shape index (κ3) is 2.86. The number of aromatic nitrogens is 3. The van der Waals surface area contributed by atoms with Crippen molar-refractivity contribution in [3.8, 4) is 0 Å². The second kappa shape index (κ2) is 5.45. The van der Waals surface area contributed by atoms with Crippen molar-refractivity contribution in [3.63, 3.8) is 0 Å². The number of benzene rings is 1. The Morgan fingerprint density at radius 1 is 1.09 bits per heavy atom. The van der Waals surface area contributed by atoms with Crippen molar-refractivity contribution in [2.45, 2.75) is 38.6 Å². The Morgan fingerprint density at radius 2 is 1.83 bits per heavy atom. The molecule has 1 N–H and O–H groups in total. The molecule has 0 atom stereocenters. The first kappa shape index (κ1) is 15.7. The van der Waals surface area contributed by atoms with Crippen molar-refractivity contribution in [3.05, 3.63) is 52.3 Å². The van der Waals surface area contributed by atoms with E-state index in [9.17, 15) is 8.42 Å². The summed E-state index contributed by atoms with van der Waals surface area (Å²) in [7, 11) is -3.57. The number of pyridine rings is 1. The van der Waals surface area contributed by atoms with Gasteiger partial charge in [0.2, 0.25) is 15.0 Å². The van der Waals surface area contributed by atoms with E-state index >= 15 is 0 Å². The molecular formula is C17H19N3O2S. The molecule has 0 spiro atoms. The lowest BCUT2D eigenvalue weighted by atomic mass is 10.1. The minimum atomic E-state index is -3.57. The average Bonchev–Trinajstić information content (AvgIpc) is 2.92. The molecule has 23 heavy (non-hydrogen) atoms. The molecule has 1 aromatic carbocycles. The molecule has 0 radical (unpaired) electrons. The molecule has 0 bridgehead atoms. The number of sulfone groups is 1. The molecule has 2 heterocycles. The molecule has 0 saturated carbocycles. The lowest BCUT2D eigenvalue weighted by Gasteiger charge is -2.09. The summed E-state index contributed by atoms with van der Waals surface area (Å²) >= 11 is 0. The maximum Gasteiger partial charge on any atom is 0.226 e. The predicted molar refractivity (Wildman–Crippen MR) is 90.2 cm³/mol. The number of hydrogen-bond donors (Lipinski definition) is 1. The van der Waals surface area contributed by atoms with Crippen molar-refractivity contribution in [2.24, 2.45) is 0 Å². The van der Waals surface area contributed by atoms with Crippen molar-refractivity contribution < 1.29 is 8.42 Å². The van der Waals surface area contributed by atoms with Gasteiger partial charge in [0.1, 0.15) is 5.75 Å². The van der Waals surface area contributed by atoms with Crippen LogP contribution in [-0.2, 0) is 15.6 Å². The number of H-pyrrole nitrogens is 1. The van der Waals surface area contributed by atoms with Gasteiger partial charge in [-0.2, -0.15) is 0 Å². The zero-order chi connectivity index (χ0) is 16.8. The monoisotopic (exact) mass is 329 g/mol. The zero-order valence-corrected chi connectivity index (χ0v) is 14.5. The smallest absolute Gasteiger partial charge is 0.226 e. The number of hydrogen-bond acceptors (Lipinski definition) is 4. The van der Waals surface area contributed by atoms with Gasteiger partial charge in [0.05, 0.1) is 16.7 Å². The van der Waals surface area contributed by atoms with Gasteiger partial charge >= 0.3 is 0 Å². The highest BCUT2D eigenvalue weighted by Gasteiger charge is 2.22. The van der Waals surface area contributed by atoms with Crippen LogP contribution in [0.25, 0.3) is 11.0 Å². The summed E-state index contributed by atoms with van der Waals surface area (Å²) in [6.45, 7) is 7.81. The molecule has 0 fully saturated rings. The quantitative estimate of drug-likeness (QED) is 0.801. The highest BCUT2D eigenvalue weighted by Crippen LogP contribution is 2.21. The Balaban J connectivity index is 2.02. The van der Waals surface area contributed by atoms with Gasteiger partial charge in [-0.3, -0.25) is 4.98 Å². The zero-order valence-electron chi connectivity index (χ0n) is 13.6. The van der Waals surface area contributed by atoms with Gasteiger partial charge in [0, 0.05) is 6.20 Å². The van der Waals surface area contributed by atoms with E-state index in [-0.39, 0.29) is 10.9 Å². The molecule has 3 aromatic rings. The fourth-order valence-electron chi connectivity index (χ4n) is 2.52. The molecular weight excluding hydrogens is 310 g/mol. The third-order valence-corrected chi connectivity index (χ3v) is 5.67. The van der Waals surface area contributed by atoms with Crippen LogP contribution in [-0.4, -0.2) is 23.4 Å². The van der Waals surface area contributed by atoms with Crippen molar-refractivity contribution in [1.29, 1.82) is 0 Å². The molecule has 2 aromatic heterocycles. The van der Waals surface area contributed by atoms with Crippen molar-refractivity contribution in [2.75, 3.05) is 0 Å².